The van der Waals surface area contributed by atoms with Gasteiger partial charge in [-0.25, -0.2) is 4.79 Å². The van der Waals surface area contributed by atoms with Gasteiger partial charge in [-0.05, 0) is 74.9 Å². The number of nitrogen functional groups attached to an aromatic ring is 1. The topological polar surface area (TPSA) is 121 Å². The van der Waals surface area contributed by atoms with E-state index in [-0.39, 0.29) is 23.7 Å². The highest BCUT2D eigenvalue weighted by atomic mass is 35.5. The molecule has 10 heteroatoms. The number of anilines is 1. The number of halogens is 1. The van der Waals surface area contributed by atoms with Crippen molar-refractivity contribution in [1.82, 2.24) is 24.4 Å². The van der Waals surface area contributed by atoms with E-state index in [0.717, 1.165) is 36.7 Å². The summed E-state index contributed by atoms with van der Waals surface area (Å²) in [6.07, 6.45) is 5.06. The Morgan fingerprint density at radius 3 is 2.68 bits per heavy atom. The molecule has 1 saturated carbocycles. The number of hydrogen-bond acceptors (Lipinski definition) is 6. The molecule has 0 radical (unpaired) electrons. The van der Waals surface area contributed by atoms with Gasteiger partial charge in [-0.2, -0.15) is 4.98 Å². The van der Waals surface area contributed by atoms with E-state index in [1.165, 1.54) is 0 Å². The van der Waals surface area contributed by atoms with E-state index in [1.54, 1.807) is 29.8 Å². The van der Waals surface area contributed by atoms with Crippen LogP contribution in [-0.4, -0.2) is 31.1 Å². The first kappa shape index (κ1) is 24.2. The standard InChI is InChI=1S/C28H27ClN6O3/c1-16-21(12-18(29)14-31-16)26(36)32-19-8-6-17(7-9-19)15-34-23-4-2-3-5-24(23)35(28(34)37)20-10-11-25-22(13-20)33-27(30)38-25/h2-5,10-14,17,19H,6-9,15H2,1H3,(H2,30,33)(H,32,36)/t17-,19-. The molecule has 9 nitrogen and oxygen atoms in total. The number of aryl methyl sites for hydroxylation is 1. The van der Waals surface area contributed by atoms with E-state index in [2.05, 4.69) is 15.3 Å². The number of amides is 1. The lowest BCUT2D eigenvalue weighted by Crippen LogP contribution is -2.39. The molecular formula is C28H27ClN6O3. The van der Waals surface area contributed by atoms with Crippen LogP contribution in [0.4, 0.5) is 6.01 Å². The minimum Gasteiger partial charge on any atom is -0.424 e. The molecule has 1 amide bonds. The zero-order chi connectivity index (χ0) is 26.4. The fraction of sp³-hybridized carbons (Fsp3) is 0.286. The minimum atomic E-state index is -0.147. The third-order valence-corrected chi connectivity index (χ3v) is 7.61. The van der Waals surface area contributed by atoms with Crippen LogP contribution in [0.5, 0.6) is 0 Å². The minimum absolute atomic E-state index is 0.0804. The highest BCUT2D eigenvalue weighted by molar-refractivity contribution is 6.30. The van der Waals surface area contributed by atoms with Gasteiger partial charge < -0.3 is 15.5 Å². The smallest absolute Gasteiger partial charge is 0.333 e. The highest BCUT2D eigenvalue weighted by Gasteiger charge is 2.26. The van der Waals surface area contributed by atoms with E-state index in [1.807, 2.05) is 41.0 Å². The molecule has 2 aromatic carbocycles. The first-order chi connectivity index (χ1) is 18.4. The van der Waals surface area contributed by atoms with Gasteiger partial charge in [0, 0.05) is 18.8 Å². The molecule has 3 N–H and O–H groups in total. The number of fused-ring (bicyclic) bond motifs is 2. The number of rotatable bonds is 5. The quantitative estimate of drug-likeness (QED) is 0.334. The molecule has 1 aliphatic rings. The summed E-state index contributed by atoms with van der Waals surface area (Å²) in [6.45, 7) is 2.42. The molecule has 0 unspecified atom stereocenters. The number of oxazole rings is 1. The average molecular weight is 531 g/mol. The summed E-state index contributed by atoms with van der Waals surface area (Å²) in [5.74, 6) is 0.179. The SMILES string of the molecule is Cc1ncc(Cl)cc1C(=O)N[C@H]1CC[C@H](Cn2c(=O)n(-c3ccc4oc(N)nc4c3)c3ccccc32)CC1. The van der Waals surface area contributed by atoms with Crippen molar-refractivity contribution in [1.29, 1.82) is 0 Å². The van der Waals surface area contributed by atoms with Crippen molar-refractivity contribution in [3.8, 4) is 5.69 Å². The van der Waals surface area contributed by atoms with Crippen LogP contribution in [0.2, 0.25) is 5.02 Å². The van der Waals surface area contributed by atoms with Gasteiger partial charge in [0.25, 0.3) is 11.9 Å². The zero-order valence-electron chi connectivity index (χ0n) is 20.9. The number of nitrogens with one attached hydrogen (secondary N) is 1. The first-order valence-electron chi connectivity index (χ1n) is 12.7. The van der Waals surface area contributed by atoms with Crippen LogP contribution in [0.1, 0.15) is 41.7 Å². The molecule has 0 aliphatic heterocycles. The number of pyridine rings is 1. The number of aromatic nitrogens is 4. The Bertz CT molecular complexity index is 1730. The van der Waals surface area contributed by atoms with E-state index >= 15 is 0 Å². The third-order valence-electron chi connectivity index (χ3n) is 7.40. The summed E-state index contributed by atoms with van der Waals surface area (Å²) < 4.78 is 8.97. The van der Waals surface area contributed by atoms with Gasteiger partial charge in [0.1, 0.15) is 5.52 Å². The number of imidazole rings is 1. The maximum atomic E-state index is 13.7. The van der Waals surface area contributed by atoms with Gasteiger partial charge in [0.15, 0.2) is 5.58 Å². The van der Waals surface area contributed by atoms with Gasteiger partial charge in [-0.15, -0.1) is 0 Å². The molecule has 0 spiro atoms. The fourth-order valence-electron chi connectivity index (χ4n) is 5.46. The van der Waals surface area contributed by atoms with E-state index < -0.39 is 0 Å². The summed E-state index contributed by atoms with van der Waals surface area (Å²) in [7, 11) is 0. The Kier molecular flexibility index (Phi) is 6.15. The first-order valence-corrected chi connectivity index (χ1v) is 13.0. The van der Waals surface area contributed by atoms with E-state index in [4.69, 9.17) is 21.8 Å². The number of hydrogen-bond donors (Lipinski definition) is 2. The van der Waals surface area contributed by atoms with Crippen molar-refractivity contribution in [2.75, 3.05) is 5.73 Å². The van der Waals surface area contributed by atoms with E-state index in [9.17, 15) is 9.59 Å². The van der Waals surface area contributed by atoms with Crippen molar-refractivity contribution >= 4 is 45.7 Å². The molecule has 5 aromatic rings. The third kappa shape index (κ3) is 4.43. The van der Waals surface area contributed by atoms with Crippen molar-refractivity contribution in [3.05, 3.63) is 81.5 Å². The van der Waals surface area contributed by atoms with Crippen molar-refractivity contribution in [2.24, 2.45) is 5.92 Å². The molecule has 194 valence electrons. The zero-order valence-corrected chi connectivity index (χ0v) is 21.6. The second kappa shape index (κ2) is 9.64. The predicted molar refractivity (Wildman–Crippen MR) is 147 cm³/mol. The van der Waals surface area contributed by atoms with Gasteiger partial charge in [-0.1, -0.05) is 23.7 Å². The molecule has 3 heterocycles. The maximum absolute atomic E-state index is 13.7. The van der Waals surface area contributed by atoms with Crippen molar-refractivity contribution < 1.29 is 9.21 Å². The Morgan fingerprint density at radius 2 is 1.89 bits per heavy atom. The molecule has 0 atom stereocenters. The molecule has 1 fully saturated rings. The molecule has 1 aliphatic carbocycles. The summed E-state index contributed by atoms with van der Waals surface area (Å²) >= 11 is 6.04. The molecule has 3 aromatic heterocycles. The van der Waals surface area contributed by atoms with Gasteiger partial charge in [0.2, 0.25) is 0 Å². The molecule has 38 heavy (non-hydrogen) atoms. The second-order valence-corrected chi connectivity index (χ2v) is 10.3. The number of benzene rings is 2. The molecule has 0 bridgehead atoms. The largest absolute Gasteiger partial charge is 0.424 e. The van der Waals surface area contributed by atoms with Crippen molar-refractivity contribution in [3.63, 3.8) is 0 Å². The highest BCUT2D eigenvalue weighted by Crippen LogP contribution is 2.28. The summed E-state index contributed by atoms with van der Waals surface area (Å²) in [4.78, 5) is 34.9. The Hall–Kier alpha value is -4.11. The number of nitrogens with zero attached hydrogens (tertiary/aromatic N) is 4. The molecular weight excluding hydrogens is 504 g/mol. The summed E-state index contributed by atoms with van der Waals surface area (Å²) in [5.41, 5.74) is 10.4. The number of carbonyl (C=O) groups is 1. The van der Waals surface area contributed by atoms with Crippen LogP contribution < -0.4 is 16.7 Å². The summed E-state index contributed by atoms with van der Waals surface area (Å²) in [6, 6.07) is 15.1. The lowest BCUT2D eigenvalue weighted by atomic mass is 9.85. The number of para-hydroxylation sites is 2. The maximum Gasteiger partial charge on any atom is 0.333 e. The molecule has 6 rings (SSSR count). The van der Waals surface area contributed by atoms with Gasteiger partial charge in [-0.3, -0.25) is 18.9 Å². The van der Waals surface area contributed by atoms with Gasteiger partial charge in [0.05, 0.1) is 33.0 Å². The van der Waals surface area contributed by atoms with Gasteiger partial charge >= 0.3 is 5.69 Å². The Labute approximate surface area is 223 Å². The lowest BCUT2D eigenvalue weighted by Gasteiger charge is -2.29. The van der Waals surface area contributed by atoms with Crippen LogP contribution in [0.3, 0.4) is 0 Å². The average Bonchev–Trinajstić information content (AvgIpc) is 3.42. The fourth-order valence-corrected chi connectivity index (χ4v) is 5.61. The second-order valence-electron chi connectivity index (χ2n) is 9.90. The van der Waals surface area contributed by atoms with Crippen LogP contribution >= 0.6 is 11.6 Å². The monoisotopic (exact) mass is 530 g/mol. The predicted octanol–water partition coefficient (Wildman–Crippen LogP) is 4.86. The van der Waals surface area contributed by atoms with Crippen LogP contribution in [-0.2, 0) is 6.54 Å². The number of carbonyl (C=O) groups excluding carboxylic acids is 1. The van der Waals surface area contributed by atoms with E-state index in [0.29, 0.717) is 45.5 Å². The summed E-state index contributed by atoms with van der Waals surface area (Å²) in [5, 5.41) is 3.58. The van der Waals surface area contributed by atoms with Crippen LogP contribution in [0.15, 0.2) is 63.9 Å². The van der Waals surface area contributed by atoms with Crippen LogP contribution in [0, 0.1) is 12.8 Å². The number of nitrogens with two attached hydrogens (primary N) is 1. The van der Waals surface area contributed by atoms with Crippen molar-refractivity contribution in [2.45, 2.75) is 45.2 Å². The molecule has 0 saturated heterocycles. The normalized spacial score (nSPS) is 17.7. The van der Waals surface area contributed by atoms with Crippen LogP contribution in [0.25, 0.3) is 27.8 Å². The Balaban J connectivity index is 1.20. The lowest BCUT2D eigenvalue weighted by molar-refractivity contribution is 0.0919. The Morgan fingerprint density at radius 1 is 1.13 bits per heavy atom.